The zero-order chi connectivity index (χ0) is 13.0. The van der Waals surface area contributed by atoms with Gasteiger partial charge >= 0.3 is 0 Å². The Morgan fingerprint density at radius 2 is 1.94 bits per heavy atom. The Balaban J connectivity index is 2.00. The Morgan fingerprint density at radius 1 is 1.22 bits per heavy atom. The topological polar surface area (TPSA) is 26.0 Å². The molecule has 1 atom stereocenters. The predicted molar refractivity (Wildman–Crippen MR) is 78.8 cm³/mol. The monoisotopic (exact) mass is 245 g/mol. The van der Waals surface area contributed by atoms with Crippen molar-refractivity contribution in [3.05, 3.63) is 35.4 Å². The molecule has 1 aromatic rings. The van der Waals surface area contributed by atoms with Gasteiger partial charge in [0.25, 0.3) is 0 Å². The van der Waals surface area contributed by atoms with Crippen LogP contribution in [0, 0.1) is 5.41 Å². The minimum absolute atomic E-state index is 0.529. The molecule has 1 fully saturated rings. The minimum atomic E-state index is 0.529. The maximum Gasteiger partial charge on any atom is -0.00741 e. The summed E-state index contributed by atoms with van der Waals surface area (Å²) >= 11 is 0. The average Bonchev–Trinajstić information content (AvgIpc) is 2.36. The highest BCUT2D eigenvalue weighted by Gasteiger charge is 2.28. The maximum atomic E-state index is 5.55. The first kappa shape index (κ1) is 13.6. The fraction of sp³-hybridized carbons (Fsp3) is 0.647. The molecule has 0 amide bonds. The van der Waals surface area contributed by atoms with E-state index in [9.17, 15) is 0 Å². The summed E-state index contributed by atoms with van der Waals surface area (Å²) in [5, 5.41) is 0. The molecule has 0 aromatic heterocycles. The van der Waals surface area contributed by atoms with Crippen molar-refractivity contribution in [2.75, 3.05) is 6.54 Å². The zero-order valence-corrected chi connectivity index (χ0v) is 11.9. The van der Waals surface area contributed by atoms with E-state index in [1.165, 1.54) is 31.2 Å². The van der Waals surface area contributed by atoms with Crippen LogP contribution >= 0.6 is 0 Å². The zero-order valence-electron chi connectivity index (χ0n) is 11.9. The van der Waals surface area contributed by atoms with Gasteiger partial charge in [0.2, 0.25) is 0 Å². The Labute approximate surface area is 112 Å². The van der Waals surface area contributed by atoms with Crippen LogP contribution in [0.1, 0.15) is 63.0 Å². The fourth-order valence-electron chi connectivity index (χ4n) is 3.25. The molecule has 0 spiro atoms. The van der Waals surface area contributed by atoms with Crippen molar-refractivity contribution in [2.45, 2.75) is 58.3 Å². The standard InChI is InChI=1S/C17H27N/c1-17(2)11-3-6-16(13-17)15-9-7-14(8-10-15)5-4-12-18/h7-10,16H,3-6,11-13,18H2,1-2H3. The molecule has 1 aliphatic carbocycles. The van der Waals surface area contributed by atoms with Crippen molar-refractivity contribution in [3.63, 3.8) is 0 Å². The third-order valence-electron chi connectivity index (χ3n) is 4.33. The summed E-state index contributed by atoms with van der Waals surface area (Å²) in [4.78, 5) is 0. The van der Waals surface area contributed by atoms with E-state index in [-0.39, 0.29) is 0 Å². The van der Waals surface area contributed by atoms with E-state index in [1.807, 2.05) is 0 Å². The molecule has 1 aromatic carbocycles. The van der Waals surface area contributed by atoms with Crippen LogP contribution in [0.4, 0.5) is 0 Å². The first-order chi connectivity index (χ1) is 8.61. The van der Waals surface area contributed by atoms with E-state index in [0.717, 1.165) is 25.3 Å². The van der Waals surface area contributed by atoms with Crippen LogP contribution in [0.25, 0.3) is 0 Å². The van der Waals surface area contributed by atoms with Gasteiger partial charge in [-0.2, -0.15) is 0 Å². The molecule has 2 N–H and O–H groups in total. The molecule has 0 saturated heterocycles. The molecule has 1 nitrogen and oxygen atoms in total. The van der Waals surface area contributed by atoms with Gasteiger partial charge in [-0.3, -0.25) is 0 Å². The van der Waals surface area contributed by atoms with Crippen molar-refractivity contribution in [2.24, 2.45) is 11.1 Å². The quantitative estimate of drug-likeness (QED) is 0.842. The Bertz CT molecular complexity index is 364. The summed E-state index contributed by atoms with van der Waals surface area (Å²) < 4.78 is 0. The normalized spacial score (nSPS) is 22.9. The second-order valence-electron chi connectivity index (χ2n) is 6.59. The van der Waals surface area contributed by atoms with Crippen molar-refractivity contribution >= 4 is 0 Å². The lowest BCUT2D eigenvalue weighted by Gasteiger charge is -2.35. The Hall–Kier alpha value is -0.820. The van der Waals surface area contributed by atoms with Crippen LogP contribution in [-0.2, 0) is 6.42 Å². The largest absolute Gasteiger partial charge is 0.330 e. The highest BCUT2D eigenvalue weighted by atomic mass is 14.5. The van der Waals surface area contributed by atoms with E-state index in [0.29, 0.717) is 5.41 Å². The van der Waals surface area contributed by atoms with E-state index in [4.69, 9.17) is 5.73 Å². The van der Waals surface area contributed by atoms with Crippen LogP contribution in [0.3, 0.4) is 0 Å². The van der Waals surface area contributed by atoms with Gasteiger partial charge in [0.15, 0.2) is 0 Å². The molecule has 1 heteroatoms. The number of aryl methyl sites for hydroxylation is 1. The highest BCUT2D eigenvalue weighted by molar-refractivity contribution is 5.26. The highest BCUT2D eigenvalue weighted by Crippen LogP contribution is 2.43. The third-order valence-corrected chi connectivity index (χ3v) is 4.33. The molecule has 1 aliphatic rings. The summed E-state index contributed by atoms with van der Waals surface area (Å²) in [5.41, 5.74) is 9.05. The molecular weight excluding hydrogens is 218 g/mol. The van der Waals surface area contributed by atoms with Gasteiger partial charge < -0.3 is 5.73 Å². The smallest absolute Gasteiger partial charge is 0.00741 e. The number of hydrogen-bond acceptors (Lipinski definition) is 1. The summed E-state index contributed by atoms with van der Waals surface area (Å²) in [5.74, 6) is 0.775. The van der Waals surface area contributed by atoms with Gasteiger partial charge in [-0.05, 0) is 61.1 Å². The first-order valence-corrected chi connectivity index (χ1v) is 7.40. The summed E-state index contributed by atoms with van der Waals surface area (Å²) in [6.45, 7) is 5.61. The maximum absolute atomic E-state index is 5.55. The molecular formula is C17H27N. The number of rotatable bonds is 4. The summed E-state index contributed by atoms with van der Waals surface area (Å²) in [6, 6.07) is 9.29. The second-order valence-corrected chi connectivity index (χ2v) is 6.59. The lowest BCUT2D eigenvalue weighted by atomic mass is 9.70. The van der Waals surface area contributed by atoms with Gasteiger partial charge in [0, 0.05) is 0 Å². The SMILES string of the molecule is CC1(C)CCCC(c2ccc(CCCN)cc2)C1. The first-order valence-electron chi connectivity index (χ1n) is 7.40. The number of hydrogen-bond donors (Lipinski definition) is 1. The third kappa shape index (κ3) is 3.58. The summed E-state index contributed by atoms with van der Waals surface area (Å²) in [7, 11) is 0. The van der Waals surface area contributed by atoms with Crippen LogP contribution in [0.15, 0.2) is 24.3 Å². The van der Waals surface area contributed by atoms with Crippen LogP contribution in [0.5, 0.6) is 0 Å². The molecule has 0 aliphatic heterocycles. The molecule has 2 rings (SSSR count). The van der Waals surface area contributed by atoms with Gasteiger partial charge in [-0.25, -0.2) is 0 Å². The lowest BCUT2D eigenvalue weighted by molar-refractivity contribution is 0.219. The molecule has 0 radical (unpaired) electrons. The van der Waals surface area contributed by atoms with Gasteiger partial charge in [0.1, 0.15) is 0 Å². The molecule has 1 saturated carbocycles. The number of nitrogens with two attached hydrogens (primary N) is 1. The van der Waals surface area contributed by atoms with E-state index >= 15 is 0 Å². The number of benzene rings is 1. The molecule has 0 bridgehead atoms. The van der Waals surface area contributed by atoms with Crippen LogP contribution in [-0.4, -0.2) is 6.54 Å². The molecule has 100 valence electrons. The Kier molecular flexibility index (Phi) is 4.45. The van der Waals surface area contributed by atoms with Crippen molar-refractivity contribution in [1.29, 1.82) is 0 Å². The summed E-state index contributed by atoms with van der Waals surface area (Å²) in [6.07, 6.45) is 7.69. The van der Waals surface area contributed by atoms with Gasteiger partial charge in [0.05, 0.1) is 0 Å². The Morgan fingerprint density at radius 3 is 2.56 bits per heavy atom. The minimum Gasteiger partial charge on any atom is -0.330 e. The average molecular weight is 245 g/mol. The molecule has 18 heavy (non-hydrogen) atoms. The van der Waals surface area contributed by atoms with E-state index < -0.39 is 0 Å². The van der Waals surface area contributed by atoms with Gasteiger partial charge in [-0.15, -0.1) is 0 Å². The van der Waals surface area contributed by atoms with Gasteiger partial charge in [-0.1, -0.05) is 44.5 Å². The van der Waals surface area contributed by atoms with Crippen molar-refractivity contribution in [1.82, 2.24) is 0 Å². The van der Waals surface area contributed by atoms with E-state index in [1.54, 1.807) is 5.56 Å². The van der Waals surface area contributed by atoms with Crippen LogP contribution in [0.2, 0.25) is 0 Å². The molecule has 0 heterocycles. The van der Waals surface area contributed by atoms with E-state index in [2.05, 4.69) is 38.1 Å². The fourth-order valence-corrected chi connectivity index (χ4v) is 3.25. The molecule has 1 unspecified atom stereocenters. The van der Waals surface area contributed by atoms with Crippen LogP contribution < -0.4 is 5.73 Å². The second kappa shape index (κ2) is 5.88. The predicted octanol–water partition coefficient (Wildman–Crippen LogP) is 4.26. The van der Waals surface area contributed by atoms with Crippen molar-refractivity contribution < 1.29 is 0 Å². The van der Waals surface area contributed by atoms with Crippen molar-refractivity contribution in [3.8, 4) is 0 Å². The lowest BCUT2D eigenvalue weighted by Crippen LogP contribution is -2.21.